The Morgan fingerprint density at radius 1 is 1.22 bits per heavy atom. The van der Waals surface area contributed by atoms with E-state index in [0.29, 0.717) is 0 Å². The number of aromatic nitrogens is 3. The molecule has 0 spiro atoms. The van der Waals surface area contributed by atoms with Crippen LogP contribution in [-0.4, -0.2) is 21.5 Å². The van der Waals surface area contributed by atoms with Crippen molar-refractivity contribution in [2.75, 3.05) is 11.9 Å². The highest BCUT2D eigenvalue weighted by Gasteiger charge is 2.08. The van der Waals surface area contributed by atoms with Crippen LogP contribution in [0, 0.1) is 10.5 Å². The molecule has 1 N–H and O–H groups in total. The van der Waals surface area contributed by atoms with E-state index in [1.54, 1.807) is 12.4 Å². The molecule has 0 atom stereocenters. The molecule has 0 aliphatic rings. The Hall–Kier alpha value is -1.24. The SMILES string of the molecule is CCNc1nc(Cc2ccncc2)nc(C)c1I. The summed E-state index contributed by atoms with van der Waals surface area (Å²) >= 11 is 2.28. The second kappa shape index (κ2) is 6.08. The standard InChI is InChI=1S/C13H15IN4/c1-3-16-13-12(14)9(2)17-11(18-13)8-10-4-6-15-7-5-10/h4-7H,3,8H2,1-2H3,(H,16,17,18). The first kappa shape index (κ1) is 13.2. The van der Waals surface area contributed by atoms with Crippen molar-refractivity contribution < 1.29 is 0 Å². The van der Waals surface area contributed by atoms with E-state index >= 15 is 0 Å². The molecule has 0 radical (unpaired) electrons. The number of nitrogens with one attached hydrogen (secondary N) is 1. The van der Waals surface area contributed by atoms with Gasteiger partial charge in [-0.05, 0) is 54.1 Å². The maximum atomic E-state index is 4.57. The minimum absolute atomic E-state index is 0.735. The maximum absolute atomic E-state index is 4.57. The number of rotatable bonds is 4. The number of anilines is 1. The highest BCUT2D eigenvalue weighted by atomic mass is 127. The molecule has 18 heavy (non-hydrogen) atoms. The average molecular weight is 354 g/mol. The molecule has 0 saturated heterocycles. The van der Waals surface area contributed by atoms with Crippen LogP contribution in [-0.2, 0) is 6.42 Å². The number of hydrogen-bond donors (Lipinski definition) is 1. The van der Waals surface area contributed by atoms with Gasteiger partial charge in [0.15, 0.2) is 0 Å². The fourth-order valence-corrected chi connectivity index (χ4v) is 2.10. The van der Waals surface area contributed by atoms with Gasteiger partial charge < -0.3 is 5.32 Å². The van der Waals surface area contributed by atoms with Gasteiger partial charge in [0.25, 0.3) is 0 Å². The van der Waals surface area contributed by atoms with E-state index in [9.17, 15) is 0 Å². The second-order valence-corrected chi connectivity index (χ2v) is 5.03. The molecular weight excluding hydrogens is 339 g/mol. The van der Waals surface area contributed by atoms with Crippen LogP contribution in [0.4, 0.5) is 5.82 Å². The van der Waals surface area contributed by atoms with Crippen LogP contribution < -0.4 is 5.32 Å². The summed E-state index contributed by atoms with van der Waals surface area (Å²) in [6.45, 7) is 4.94. The van der Waals surface area contributed by atoms with E-state index in [2.05, 4.69) is 49.8 Å². The van der Waals surface area contributed by atoms with Crippen molar-refractivity contribution >= 4 is 28.4 Å². The quantitative estimate of drug-likeness (QED) is 0.858. The van der Waals surface area contributed by atoms with Crippen LogP contribution in [0.2, 0.25) is 0 Å². The molecule has 2 aromatic heterocycles. The highest BCUT2D eigenvalue weighted by Crippen LogP contribution is 2.19. The third-order valence-electron chi connectivity index (χ3n) is 2.52. The predicted molar refractivity (Wildman–Crippen MR) is 80.7 cm³/mol. The third-order valence-corrected chi connectivity index (χ3v) is 3.81. The van der Waals surface area contributed by atoms with Crippen molar-refractivity contribution in [3.8, 4) is 0 Å². The van der Waals surface area contributed by atoms with E-state index in [1.807, 2.05) is 19.1 Å². The zero-order valence-electron chi connectivity index (χ0n) is 10.4. The Labute approximate surface area is 120 Å². The first-order valence-electron chi connectivity index (χ1n) is 5.86. The van der Waals surface area contributed by atoms with E-state index in [0.717, 1.165) is 33.9 Å². The highest BCUT2D eigenvalue weighted by molar-refractivity contribution is 14.1. The van der Waals surface area contributed by atoms with Gasteiger partial charge in [-0.2, -0.15) is 0 Å². The van der Waals surface area contributed by atoms with Crippen molar-refractivity contribution in [3.63, 3.8) is 0 Å². The Kier molecular flexibility index (Phi) is 4.46. The summed E-state index contributed by atoms with van der Waals surface area (Å²) in [6, 6.07) is 3.98. The smallest absolute Gasteiger partial charge is 0.143 e. The van der Waals surface area contributed by atoms with Gasteiger partial charge in [-0.3, -0.25) is 4.98 Å². The lowest BCUT2D eigenvalue weighted by atomic mass is 10.2. The van der Waals surface area contributed by atoms with Crippen LogP contribution in [0.25, 0.3) is 0 Å². The molecule has 0 aromatic carbocycles. The molecule has 0 saturated carbocycles. The summed E-state index contributed by atoms with van der Waals surface area (Å²) in [6.07, 6.45) is 4.32. The van der Waals surface area contributed by atoms with Gasteiger partial charge in [0.1, 0.15) is 11.6 Å². The van der Waals surface area contributed by atoms with Crippen LogP contribution >= 0.6 is 22.6 Å². The van der Waals surface area contributed by atoms with Crippen LogP contribution in [0.15, 0.2) is 24.5 Å². The Bertz CT molecular complexity index is 528. The predicted octanol–water partition coefficient (Wildman–Crippen LogP) is 2.81. The summed E-state index contributed by atoms with van der Waals surface area (Å²) in [7, 11) is 0. The Morgan fingerprint density at radius 2 is 1.94 bits per heavy atom. The van der Waals surface area contributed by atoms with Crippen LogP contribution in [0.1, 0.15) is 24.0 Å². The summed E-state index contributed by atoms with van der Waals surface area (Å²) in [4.78, 5) is 13.1. The summed E-state index contributed by atoms with van der Waals surface area (Å²) in [5.74, 6) is 1.77. The van der Waals surface area contributed by atoms with Gasteiger partial charge in [-0.15, -0.1) is 0 Å². The minimum Gasteiger partial charge on any atom is -0.369 e. The van der Waals surface area contributed by atoms with Gasteiger partial charge in [-0.25, -0.2) is 9.97 Å². The molecule has 0 bridgehead atoms. The average Bonchev–Trinajstić information content (AvgIpc) is 2.37. The van der Waals surface area contributed by atoms with Gasteiger partial charge in [0.2, 0.25) is 0 Å². The maximum Gasteiger partial charge on any atom is 0.143 e. The summed E-state index contributed by atoms with van der Waals surface area (Å²) < 4.78 is 1.09. The van der Waals surface area contributed by atoms with E-state index in [-0.39, 0.29) is 0 Å². The molecule has 94 valence electrons. The van der Waals surface area contributed by atoms with E-state index in [1.165, 1.54) is 5.56 Å². The first-order valence-corrected chi connectivity index (χ1v) is 6.94. The molecule has 2 rings (SSSR count). The lowest BCUT2D eigenvalue weighted by Crippen LogP contribution is -2.08. The monoisotopic (exact) mass is 354 g/mol. The molecule has 0 unspecified atom stereocenters. The minimum atomic E-state index is 0.735. The second-order valence-electron chi connectivity index (χ2n) is 3.95. The Morgan fingerprint density at radius 3 is 2.61 bits per heavy atom. The van der Waals surface area contributed by atoms with Gasteiger partial charge in [-0.1, -0.05) is 0 Å². The molecule has 0 aliphatic heterocycles. The largest absolute Gasteiger partial charge is 0.369 e. The topological polar surface area (TPSA) is 50.7 Å². The van der Waals surface area contributed by atoms with Crippen LogP contribution in [0.5, 0.6) is 0 Å². The normalized spacial score (nSPS) is 10.4. The molecule has 2 aromatic rings. The molecule has 4 nitrogen and oxygen atoms in total. The van der Waals surface area contributed by atoms with Gasteiger partial charge in [0.05, 0.1) is 9.26 Å². The number of aryl methyl sites for hydroxylation is 1. The fourth-order valence-electron chi connectivity index (χ4n) is 1.66. The molecule has 0 aliphatic carbocycles. The zero-order valence-corrected chi connectivity index (χ0v) is 12.6. The van der Waals surface area contributed by atoms with Crippen molar-refractivity contribution in [3.05, 3.63) is 45.2 Å². The van der Waals surface area contributed by atoms with Crippen molar-refractivity contribution in [1.82, 2.24) is 15.0 Å². The number of nitrogens with zero attached hydrogens (tertiary/aromatic N) is 3. The van der Waals surface area contributed by atoms with Crippen molar-refractivity contribution in [2.24, 2.45) is 0 Å². The lowest BCUT2D eigenvalue weighted by Gasteiger charge is -2.10. The van der Waals surface area contributed by atoms with Gasteiger partial charge >= 0.3 is 0 Å². The molecule has 2 heterocycles. The number of hydrogen-bond acceptors (Lipinski definition) is 4. The van der Waals surface area contributed by atoms with Gasteiger partial charge in [0, 0.05) is 25.4 Å². The van der Waals surface area contributed by atoms with E-state index < -0.39 is 0 Å². The van der Waals surface area contributed by atoms with Crippen molar-refractivity contribution in [1.29, 1.82) is 0 Å². The molecular formula is C13H15IN4. The summed E-state index contributed by atoms with van der Waals surface area (Å²) in [5.41, 5.74) is 2.19. The third kappa shape index (κ3) is 3.16. The molecule has 0 amide bonds. The number of pyridine rings is 1. The lowest BCUT2D eigenvalue weighted by molar-refractivity contribution is 0.927. The molecule has 5 heteroatoms. The van der Waals surface area contributed by atoms with Crippen LogP contribution in [0.3, 0.4) is 0 Å². The first-order chi connectivity index (χ1) is 8.70. The fraction of sp³-hybridized carbons (Fsp3) is 0.308. The zero-order chi connectivity index (χ0) is 13.0. The summed E-state index contributed by atoms with van der Waals surface area (Å²) in [5, 5.41) is 3.27. The molecule has 0 fully saturated rings. The van der Waals surface area contributed by atoms with Crippen molar-refractivity contribution in [2.45, 2.75) is 20.3 Å². The van der Waals surface area contributed by atoms with E-state index in [4.69, 9.17) is 0 Å². The number of halogens is 1. The Balaban J connectivity index is 2.28.